The molecule has 6 nitrogen and oxygen atoms in total. The molecule has 1 aliphatic heterocycles. The topological polar surface area (TPSA) is 71.5 Å². The van der Waals surface area contributed by atoms with E-state index in [1.54, 1.807) is 17.2 Å². The van der Waals surface area contributed by atoms with Crippen molar-refractivity contribution >= 4 is 11.8 Å². The number of nitrogens with one attached hydrogen (secondary N) is 1. The average Bonchev–Trinajstić information content (AvgIpc) is 2.88. The van der Waals surface area contributed by atoms with Crippen molar-refractivity contribution in [3.8, 4) is 11.6 Å². The van der Waals surface area contributed by atoms with Crippen LogP contribution in [-0.4, -0.2) is 34.8 Å². The molecule has 1 aromatic heterocycles. The lowest BCUT2D eigenvalue weighted by atomic mass is 10.1. The SMILES string of the molecule is Cc1ccc(C)c(Oc2ccc(CNC(=O)CN3CCCCCC3=O)cn2)c1. The van der Waals surface area contributed by atoms with Gasteiger partial charge < -0.3 is 15.0 Å². The van der Waals surface area contributed by atoms with Crippen molar-refractivity contribution in [3.63, 3.8) is 0 Å². The highest BCUT2D eigenvalue weighted by Crippen LogP contribution is 2.24. The predicted octanol–water partition coefficient (Wildman–Crippen LogP) is 3.51. The molecular weight excluding hydrogens is 354 g/mol. The van der Waals surface area contributed by atoms with Crippen LogP contribution in [0.25, 0.3) is 0 Å². The zero-order valence-corrected chi connectivity index (χ0v) is 16.5. The fourth-order valence-electron chi connectivity index (χ4n) is 3.14. The first kappa shape index (κ1) is 19.9. The van der Waals surface area contributed by atoms with Crippen molar-refractivity contribution in [3.05, 3.63) is 53.2 Å². The van der Waals surface area contributed by atoms with E-state index < -0.39 is 0 Å². The molecule has 1 aromatic carbocycles. The molecule has 1 saturated heterocycles. The molecule has 0 aliphatic carbocycles. The van der Waals surface area contributed by atoms with Crippen LogP contribution >= 0.6 is 0 Å². The summed E-state index contributed by atoms with van der Waals surface area (Å²) < 4.78 is 5.85. The monoisotopic (exact) mass is 381 g/mol. The maximum Gasteiger partial charge on any atom is 0.239 e. The number of aromatic nitrogens is 1. The van der Waals surface area contributed by atoms with Crippen molar-refractivity contribution in [1.29, 1.82) is 0 Å². The molecule has 1 fully saturated rings. The van der Waals surface area contributed by atoms with Gasteiger partial charge in [0.25, 0.3) is 0 Å². The van der Waals surface area contributed by atoms with E-state index in [2.05, 4.69) is 10.3 Å². The molecule has 2 amide bonds. The summed E-state index contributed by atoms with van der Waals surface area (Å²) in [7, 11) is 0. The van der Waals surface area contributed by atoms with Gasteiger partial charge in [0.2, 0.25) is 17.7 Å². The second-order valence-electron chi connectivity index (χ2n) is 7.28. The molecule has 28 heavy (non-hydrogen) atoms. The van der Waals surface area contributed by atoms with E-state index in [0.717, 1.165) is 41.7 Å². The third kappa shape index (κ3) is 5.55. The summed E-state index contributed by atoms with van der Waals surface area (Å²) in [6, 6.07) is 9.71. The van der Waals surface area contributed by atoms with Gasteiger partial charge in [-0.2, -0.15) is 0 Å². The number of rotatable bonds is 6. The van der Waals surface area contributed by atoms with Gasteiger partial charge in [-0.1, -0.05) is 24.6 Å². The summed E-state index contributed by atoms with van der Waals surface area (Å²) in [5.74, 6) is 1.22. The van der Waals surface area contributed by atoms with E-state index in [0.29, 0.717) is 25.4 Å². The number of benzene rings is 1. The van der Waals surface area contributed by atoms with Crippen LogP contribution in [0.5, 0.6) is 11.6 Å². The van der Waals surface area contributed by atoms with Gasteiger partial charge in [0, 0.05) is 31.8 Å². The summed E-state index contributed by atoms with van der Waals surface area (Å²) in [4.78, 5) is 30.1. The zero-order chi connectivity index (χ0) is 19.9. The van der Waals surface area contributed by atoms with Crippen LogP contribution in [-0.2, 0) is 16.1 Å². The van der Waals surface area contributed by atoms with E-state index in [1.165, 1.54) is 0 Å². The first-order valence-electron chi connectivity index (χ1n) is 9.76. The highest BCUT2D eigenvalue weighted by Gasteiger charge is 2.18. The molecule has 2 aromatic rings. The molecule has 148 valence electrons. The Bertz CT molecular complexity index is 833. The van der Waals surface area contributed by atoms with Crippen molar-refractivity contribution in [2.24, 2.45) is 0 Å². The van der Waals surface area contributed by atoms with Gasteiger partial charge in [-0.25, -0.2) is 4.98 Å². The number of likely N-dealkylation sites (tertiary alicyclic amines) is 1. The predicted molar refractivity (Wildman–Crippen MR) is 107 cm³/mol. The number of amides is 2. The van der Waals surface area contributed by atoms with Gasteiger partial charge in [-0.3, -0.25) is 9.59 Å². The van der Waals surface area contributed by atoms with E-state index in [4.69, 9.17) is 4.74 Å². The van der Waals surface area contributed by atoms with Crippen molar-refractivity contribution in [2.45, 2.75) is 46.1 Å². The third-order valence-electron chi connectivity index (χ3n) is 4.85. The Morgan fingerprint density at radius 1 is 1.18 bits per heavy atom. The Morgan fingerprint density at radius 3 is 2.82 bits per heavy atom. The molecule has 0 radical (unpaired) electrons. The van der Waals surface area contributed by atoms with Crippen LogP contribution in [0.15, 0.2) is 36.5 Å². The number of hydrogen-bond acceptors (Lipinski definition) is 4. The van der Waals surface area contributed by atoms with Crippen LogP contribution in [0.4, 0.5) is 0 Å². The van der Waals surface area contributed by atoms with Crippen LogP contribution < -0.4 is 10.1 Å². The van der Waals surface area contributed by atoms with Gasteiger partial charge >= 0.3 is 0 Å². The number of carbonyl (C=O) groups excluding carboxylic acids is 2. The molecule has 0 saturated carbocycles. The summed E-state index contributed by atoms with van der Waals surface area (Å²) in [6.45, 7) is 5.17. The number of ether oxygens (including phenoxy) is 1. The Kier molecular flexibility index (Phi) is 6.63. The van der Waals surface area contributed by atoms with Crippen molar-refractivity contribution in [2.75, 3.05) is 13.1 Å². The van der Waals surface area contributed by atoms with E-state index >= 15 is 0 Å². The molecule has 6 heteroatoms. The van der Waals surface area contributed by atoms with Crippen LogP contribution in [0.3, 0.4) is 0 Å². The Labute approximate surface area is 165 Å². The number of hydrogen-bond donors (Lipinski definition) is 1. The Balaban J connectivity index is 1.50. The zero-order valence-electron chi connectivity index (χ0n) is 16.5. The van der Waals surface area contributed by atoms with Gasteiger partial charge in [0.05, 0.1) is 6.54 Å². The average molecular weight is 381 g/mol. The lowest BCUT2D eigenvalue weighted by Gasteiger charge is -2.19. The summed E-state index contributed by atoms with van der Waals surface area (Å²) >= 11 is 0. The molecule has 0 spiro atoms. The lowest BCUT2D eigenvalue weighted by molar-refractivity contribution is -0.135. The van der Waals surface area contributed by atoms with Crippen LogP contribution in [0.2, 0.25) is 0 Å². The summed E-state index contributed by atoms with van der Waals surface area (Å²) in [6.07, 6.45) is 5.16. The van der Waals surface area contributed by atoms with E-state index in [1.807, 2.05) is 38.1 Å². The number of pyridine rings is 1. The van der Waals surface area contributed by atoms with Gasteiger partial charge in [0.1, 0.15) is 5.75 Å². The maximum atomic E-state index is 12.2. The van der Waals surface area contributed by atoms with Crippen molar-refractivity contribution in [1.82, 2.24) is 15.2 Å². The minimum atomic E-state index is -0.147. The smallest absolute Gasteiger partial charge is 0.239 e. The highest BCUT2D eigenvalue weighted by atomic mass is 16.5. The Hall–Kier alpha value is -2.89. The second kappa shape index (κ2) is 9.35. The molecule has 2 heterocycles. The standard InChI is InChI=1S/C22H27N3O3/c1-16-7-8-17(2)19(12-16)28-21-10-9-18(14-24-21)13-23-20(26)15-25-11-5-3-4-6-22(25)27/h7-10,12,14H,3-6,11,13,15H2,1-2H3,(H,23,26). The molecule has 1 aliphatic rings. The first-order valence-corrected chi connectivity index (χ1v) is 9.76. The summed E-state index contributed by atoms with van der Waals surface area (Å²) in [5.41, 5.74) is 3.05. The van der Waals surface area contributed by atoms with Gasteiger partial charge in [-0.05, 0) is 49.4 Å². The minimum absolute atomic E-state index is 0.0715. The van der Waals surface area contributed by atoms with Crippen LogP contribution in [0.1, 0.15) is 42.4 Å². The minimum Gasteiger partial charge on any atom is -0.439 e. The largest absolute Gasteiger partial charge is 0.439 e. The van der Waals surface area contributed by atoms with Crippen LogP contribution in [0, 0.1) is 13.8 Å². The normalized spacial score (nSPS) is 14.5. The Morgan fingerprint density at radius 2 is 2.04 bits per heavy atom. The first-order chi connectivity index (χ1) is 13.5. The molecular formula is C22H27N3O3. The number of aryl methyl sites for hydroxylation is 2. The number of carbonyl (C=O) groups is 2. The highest BCUT2D eigenvalue weighted by molar-refractivity contribution is 5.84. The second-order valence-corrected chi connectivity index (χ2v) is 7.28. The quantitative estimate of drug-likeness (QED) is 0.831. The number of nitrogens with zero attached hydrogens (tertiary/aromatic N) is 2. The molecule has 1 N–H and O–H groups in total. The maximum absolute atomic E-state index is 12.2. The molecule has 0 bridgehead atoms. The van der Waals surface area contributed by atoms with Crippen molar-refractivity contribution < 1.29 is 14.3 Å². The fraction of sp³-hybridized carbons (Fsp3) is 0.409. The van der Waals surface area contributed by atoms with E-state index in [9.17, 15) is 9.59 Å². The molecule has 0 atom stereocenters. The van der Waals surface area contributed by atoms with Gasteiger partial charge in [0.15, 0.2) is 0 Å². The third-order valence-corrected chi connectivity index (χ3v) is 4.85. The fourth-order valence-corrected chi connectivity index (χ4v) is 3.14. The molecule has 3 rings (SSSR count). The molecule has 0 unspecified atom stereocenters. The van der Waals surface area contributed by atoms with Gasteiger partial charge in [-0.15, -0.1) is 0 Å². The lowest BCUT2D eigenvalue weighted by Crippen LogP contribution is -2.40. The van der Waals surface area contributed by atoms with E-state index in [-0.39, 0.29) is 18.4 Å². The summed E-state index contributed by atoms with van der Waals surface area (Å²) in [5, 5.41) is 2.86.